The van der Waals surface area contributed by atoms with Crippen LogP contribution in [0.4, 0.5) is 14.5 Å². The first-order chi connectivity index (χ1) is 13.5. The van der Waals surface area contributed by atoms with Crippen LogP contribution < -0.4 is 15.5 Å². The number of nitrogens with zero attached hydrogens (tertiary/aromatic N) is 4. The number of carbonyl (C=O) groups excluding carboxylic acids is 2. The van der Waals surface area contributed by atoms with E-state index in [0.29, 0.717) is 0 Å². The molecule has 0 bridgehead atoms. The molecule has 1 aromatic heterocycles. The molecule has 1 atom stereocenters. The van der Waals surface area contributed by atoms with Gasteiger partial charge in [0, 0.05) is 6.54 Å². The summed E-state index contributed by atoms with van der Waals surface area (Å²) in [5.41, 5.74) is -0.275. The van der Waals surface area contributed by atoms with Crippen molar-refractivity contribution >= 4 is 17.5 Å². The average molecular weight is 390 g/mol. The molecule has 28 heavy (non-hydrogen) atoms. The quantitative estimate of drug-likeness (QED) is 0.813. The molecule has 2 fully saturated rings. The number of benzene rings is 1. The fourth-order valence-corrected chi connectivity index (χ4v) is 3.65. The van der Waals surface area contributed by atoms with E-state index < -0.39 is 29.5 Å². The highest BCUT2D eigenvalue weighted by Gasteiger charge is 2.36. The lowest BCUT2D eigenvalue weighted by Crippen LogP contribution is -2.42. The summed E-state index contributed by atoms with van der Waals surface area (Å²) in [4.78, 5) is 26.0. The smallest absolute Gasteiger partial charge is 0.274 e. The number of hydrogen-bond acceptors (Lipinski definition) is 5. The number of carbonyl (C=O) groups is 2. The lowest BCUT2D eigenvalue weighted by atomic mass is 10.1. The van der Waals surface area contributed by atoms with Crippen molar-refractivity contribution in [2.75, 3.05) is 24.5 Å². The molecule has 3 heterocycles. The van der Waals surface area contributed by atoms with Crippen molar-refractivity contribution in [1.29, 1.82) is 0 Å². The maximum Gasteiger partial charge on any atom is 0.274 e. The van der Waals surface area contributed by atoms with Crippen molar-refractivity contribution in [3.63, 3.8) is 0 Å². The van der Waals surface area contributed by atoms with Crippen molar-refractivity contribution in [1.82, 2.24) is 25.6 Å². The molecule has 2 aliphatic heterocycles. The summed E-state index contributed by atoms with van der Waals surface area (Å²) in [6.45, 7) is 1.87. The van der Waals surface area contributed by atoms with Crippen LogP contribution in [0.1, 0.15) is 35.8 Å². The van der Waals surface area contributed by atoms with Gasteiger partial charge in [-0.15, -0.1) is 5.10 Å². The highest BCUT2D eigenvalue weighted by atomic mass is 19.1. The number of anilines is 1. The Balaban J connectivity index is 1.43. The van der Waals surface area contributed by atoms with Gasteiger partial charge in [0.15, 0.2) is 5.69 Å². The molecule has 1 unspecified atom stereocenters. The van der Waals surface area contributed by atoms with E-state index in [1.807, 2.05) is 0 Å². The number of nitrogens with one attached hydrogen (secondary N) is 2. The molecule has 2 aromatic rings. The van der Waals surface area contributed by atoms with Gasteiger partial charge < -0.3 is 15.5 Å². The normalized spacial score (nSPS) is 20.6. The van der Waals surface area contributed by atoms with Crippen molar-refractivity contribution in [3.8, 4) is 0 Å². The van der Waals surface area contributed by atoms with Crippen LogP contribution in [0, 0.1) is 11.6 Å². The molecule has 10 heteroatoms. The Morgan fingerprint density at radius 2 is 1.89 bits per heavy atom. The van der Waals surface area contributed by atoms with E-state index >= 15 is 0 Å². The third kappa shape index (κ3) is 3.47. The number of piperidine rings is 1. The molecule has 0 saturated carbocycles. The SMILES string of the molecule is O=C(NC1CCN(c2c(F)cccc2F)C1=O)c1cn(C2CCNCC2)nn1. The number of amides is 2. The maximum atomic E-state index is 14.0. The van der Waals surface area contributed by atoms with Crippen molar-refractivity contribution in [3.05, 3.63) is 41.7 Å². The fourth-order valence-electron chi connectivity index (χ4n) is 3.65. The van der Waals surface area contributed by atoms with Gasteiger partial charge in [-0.05, 0) is 44.5 Å². The van der Waals surface area contributed by atoms with Gasteiger partial charge in [-0.3, -0.25) is 9.59 Å². The summed E-state index contributed by atoms with van der Waals surface area (Å²) in [6.07, 6.45) is 3.61. The number of hydrogen-bond donors (Lipinski definition) is 2. The van der Waals surface area contributed by atoms with Crippen LogP contribution in [-0.4, -0.2) is 52.5 Å². The molecule has 2 amide bonds. The zero-order valence-corrected chi connectivity index (χ0v) is 15.1. The van der Waals surface area contributed by atoms with E-state index in [1.165, 1.54) is 6.07 Å². The van der Waals surface area contributed by atoms with Gasteiger partial charge in [0.05, 0.1) is 12.2 Å². The van der Waals surface area contributed by atoms with Gasteiger partial charge in [0.2, 0.25) is 5.91 Å². The highest BCUT2D eigenvalue weighted by Crippen LogP contribution is 2.27. The van der Waals surface area contributed by atoms with Crippen LogP contribution in [0.5, 0.6) is 0 Å². The second-order valence-electron chi connectivity index (χ2n) is 6.94. The Labute approximate surface area is 159 Å². The predicted molar refractivity (Wildman–Crippen MR) is 95.7 cm³/mol. The lowest BCUT2D eigenvalue weighted by Gasteiger charge is -2.22. The van der Waals surface area contributed by atoms with E-state index in [1.54, 1.807) is 10.9 Å². The minimum Gasteiger partial charge on any atom is -0.339 e. The zero-order chi connectivity index (χ0) is 19.7. The molecular weight excluding hydrogens is 370 g/mol. The van der Waals surface area contributed by atoms with Crippen LogP contribution in [-0.2, 0) is 4.79 Å². The monoisotopic (exact) mass is 390 g/mol. The molecule has 1 aromatic carbocycles. The van der Waals surface area contributed by atoms with Crippen LogP contribution in [0.2, 0.25) is 0 Å². The minimum absolute atomic E-state index is 0.113. The number of rotatable bonds is 4. The minimum atomic E-state index is -0.865. The van der Waals surface area contributed by atoms with Gasteiger partial charge in [-0.25, -0.2) is 13.5 Å². The Kier molecular flexibility index (Phi) is 5.03. The van der Waals surface area contributed by atoms with Crippen LogP contribution in [0.3, 0.4) is 0 Å². The second-order valence-corrected chi connectivity index (χ2v) is 6.94. The molecule has 148 valence electrons. The molecule has 4 rings (SSSR count). The molecule has 2 aliphatic rings. The molecule has 0 aliphatic carbocycles. The summed E-state index contributed by atoms with van der Waals surface area (Å²) < 4.78 is 29.6. The summed E-state index contributed by atoms with van der Waals surface area (Å²) in [5.74, 6) is -2.71. The predicted octanol–water partition coefficient (Wildman–Crippen LogP) is 1.02. The Morgan fingerprint density at radius 3 is 2.61 bits per heavy atom. The zero-order valence-electron chi connectivity index (χ0n) is 15.1. The van der Waals surface area contributed by atoms with E-state index in [9.17, 15) is 18.4 Å². The third-order valence-electron chi connectivity index (χ3n) is 5.14. The average Bonchev–Trinajstić information content (AvgIpc) is 3.31. The van der Waals surface area contributed by atoms with Crippen molar-refractivity contribution in [2.45, 2.75) is 31.3 Å². The number of para-hydroxylation sites is 1. The maximum absolute atomic E-state index is 14.0. The lowest BCUT2D eigenvalue weighted by molar-refractivity contribution is -0.118. The van der Waals surface area contributed by atoms with Crippen LogP contribution in [0.15, 0.2) is 24.4 Å². The second kappa shape index (κ2) is 7.63. The Morgan fingerprint density at radius 1 is 1.18 bits per heavy atom. The molecule has 8 nitrogen and oxygen atoms in total. The molecule has 0 spiro atoms. The summed E-state index contributed by atoms with van der Waals surface area (Å²) in [7, 11) is 0. The van der Waals surface area contributed by atoms with Gasteiger partial charge in [0.1, 0.15) is 23.4 Å². The van der Waals surface area contributed by atoms with Crippen LogP contribution in [0.25, 0.3) is 0 Å². The van der Waals surface area contributed by atoms with E-state index in [4.69, 9.17) is 0 Å². The largest absolute Gasteiger partial charge is 0.339 e. The first-order valence-corrected chi connectivity index (χ1v) is 9.23. The summed E-state index contributed by atoms with van der Waals surface area (Å²) in [6, 6.07) is 2.74. The summed E-state index contributed by atoms with van der Waals surface area (Å²) in [5, 5.41) is 13.8. The van der Waals surface area contributed by atoms with E-state index in [2.05, 4.69) is 20.9 Å². The van der Waals surface area contributed by atoms with Gasteiger partial charge in [-0.2, -0.15) is 0 Å². The molecule has 2 saturated heterocycles. The molecule has 0 radical (unpaired) electrons. The Hall–Kier alpha value is -2.88. The third-order valence-corrected chi connectivity index (χ3v) is 5.14. The van der Waals surface area contributed by atoms with Gasteiger partial charge in [-0.1, -0.05) is 11.3 Å². The van der Waals surface area contributed by atoms with E-state index in [-0.39, 0.29) is 30.4 Å². The van der Waals surface area contributed by atoms with Gasteiger partial charge >= 0.3 is 0 Å². The number of aromatic nitrogens is 3. The molecule has 2 N–H and O–H groups in total. The van der Waals surface area contributed by atoms with Crippen molar-refractivity contribution < 1.29 is 18.4 Å². The standard InChI is InChI=1S/C18H20F2N6O2/c19-12-2-1-3-13(20)16(12)25-9-6-14(18(25)28)22-17(27)15-10-26(24-23-15)11-4-7-21-8-5-11/h1-3,10-11,14,21H,4-9H2,(H,22,27). The van der Waals surface area contributed by atoms with Crippen LogP contribution >= 0.6 is 0 Å². The number of halogens is 2. The van der Waals surface area contributed by atoms with Gasteiger partial charge in [0.25, 0.3) is 5.91 Å². The van der Waals surface area contributed by atoms with Crippen molar-refractivity contribution in [2.24, 2.45) is 0 Å². The first-order valence-electron chi connectivity index (χ1n) is 9.23. The first kappa shape index (κ1) is 18.5. The fraction of sp³-hybridized carbons (Fsp3) is 0.444. The van der Waals surface area contributed by atoms with E-state index in [0.717, 1.165) is 43.0 Å². The molecular formula is C18H20F2N6O2. The summed E-state index contributed by atoms with van der Waals surface area (Å²) >= 11 is 0. The Bertz CT molecular complexity index is 876. The topological polar surface area (TPSA) is 92.2 Å². The highest BCUT2D eigenvalue weighted by molar-refractivity contribution is 6.03.